The summed E-state index contributed by atoms with van der Waals surface area (Å²) in [5, 5.41) is 3.21. The fourth-order valence-electron chi connectivity index (χ4n) is 3.24. The molecule has 0 bridgehead atoms. The summed E-state index contributed by atoms with van der Waals surface area (Å²) in [6.07, 6.45) is 1.02. The van der Waals surface area contributed by atoms with E-state index in [0.29, 0.717) is 0 Å². The molecule has 1 aromatic rings. The molecule has 0 radical (unpaired) electrons. The molecule has 1 aliphatic carbocycles. The zero-order valence-corrected chi connectivity index (χ0v) is 12.7. The van der Waals surface area contributed by atoms with Crippen molar-refractivity contribution in [2.24, 2.45) is 17.3 Å². The van der Waals surface area contributed by atoms with Crippen LogP contribution in [0.4, 0.5) is 5.82 Å². The van der Waals surface area contributed by atoms with Crippen LogP contribution >= 0.6 is 0 Å². The lowest BCUT2D eigenvalue weighted by Crippen LogP contribution is -2.35. The van der Waals surface area contributed by atoms with Crippen molar-refractivity contribution in [1.29, 1.82) is 0 Å². The Kier molecular flexibility index (Phi) is 3.23. The number of hydrogen-bond acceptors (Lipinski definition) is 4. The second-order valence-corrected chi connectivity index (χ2v) is 6.48. The number of aromatic nitrogens is 1. The monoisotopic (exact) mass is 287 g/mol. The van der Waals surface area contributed by atoms with E-state index in [4.69, 9.17) is 0 Å². The van der Waals surface area contributed by atoms with Crippen LogP contribution in [-0.4, -0.2) is 28.2 Å². The molecule has 2 amide bonds. The van der Waals surface area contributed by atoms with Crippen LogP contribution in [0.3, 0.4) is 0 Å². The van der Waals surface area contributed by atoms with Crippen LogP contribution < -0.4 is 5.32 Å². The maximum atomic E-state index is 12.3. The molecule has 2 heterocycles. The summed E-state index contributed by atoms with van der Waals surface area (Å²) in [6.45, 7) is 7.21. The molecular weight excluding hydrogens is 266 g/mol. The lowest BCUT2D eigenvalue weighted by atomic mass is 10.1. The predicted molar refractivity (Wildman–Crippen MR) is 79.3 cm³/mol. The van der Waals surface area contributed by atoms with Gasteiger partial charge in [0.05, 0.1) is 24.1 Å². The van der Waals surface area contributed by atoms with Gasteiger partial charge in [-0.2, -0.15) is 0 Å². The van der Waals surface area contributed by atoms with Crippen molar-refractivity contribution >= 4 is 17.6 Å². The van der Waals surface area contributed by atoms with Gasteiger partial charge in [0, 0.05) is 6.54 Å². The highest BCUT2D eigenvalue weighted by Crippen LogP contribution is 2.63. The first-order chi connectivity index (χ1) is 9.96. The van der Waals surface area contributed by atoms with E-state index in [1.54, 1.807) is 0 Å². The van der Waals surface area contributed by atoms with Crippen LogP contribution in [0.2, 0.25) is 0 Å². The van der Waals surface area contributed by atoms with Crippen LogP contribution in [0.25, 0.3) is 0 Å². The molecule has 2 fully saturated rings. The van der Waals surface area contributed by atoms with E-state index in [1.807, 2.05) is 32.0 Å². The van der Waals surface area contributed by atoms with E-state index in [1.165, 1.54) is 4.90 Å². The van der Waals surface area contributed by atoms with E-state index >= 15 is 0 Å². The molecule has 0 spiro atoms. The summed E-state index contributed by atoms with van der Waals surface area (Å²) in [5.74, 6) is 0.476. The summed E-state index contributed by atoms with van der Waals surface area (Å²) in [6, 6.07) is 5.65. The van der Waals surface area contributed by atoms with Gasteiger partial charge >= 0.3 is 0 Å². The van der Waals surface area contributed by atoms with Gasteiger partial charge in [-0.25, -0.2) is 4.98 Å². The summed E-state index contributed by atoms with van der Waals surface area (Å²) in [7, 11) is 0. The van der Waals surface area contributed by atoms with Crippen LogP contribution in [0.15, 0.2) is 18.2 Å². The maximum absolute atomic E-state index is 12.3. The number of amides is 2. The van der Waals surface area contributed by atoms with Crippen molar-refractivity contribution in [2.75, 3.05) is 11.9 Å². The first kappa shape index (κ1) is 14.0. The summed E-state index contributed by atoms with van der Waals surface area (Å²) < 4.78 is 0. The highest BCUT2D eigenvalue weighted by atomic mass is 16.2. The number of carbonyl (C=O) groups excluding carboxylic acids is 2. The summed E-state index contributed by atoms with van der Waals surface area (Å²) in [5.41, 5.74) is 0.597. The molecule has 2 unspecified atom stereocenters. The molecule has 5 heteroatoms. The van der Waals surface area contributed by atoms with Gasteiger partial charge in [0.15, 0.2) is 0 Å². The van der Waals surface area contributed by atoms with Gasteiger partial charge in [-0.15, -0.1) is 0 Å². The minimum absolute atomic E-state index is 0.0382. The zero-order valence-electron chi connectivity index (χ0n) is 12.7. The molecule has 1 saturated carbocycles. The average Bonchev–Trinajstić information content (AvgIpc) is 2.93. The third kappa shape index (κ3) is 2.20. The second kappa shape index (κ2) is 4.83. The van der Waals surface area contributed by atoms with Gasteiger partial charge in [0.2, 0.25) is 11.8 Å². The number of pyridine rings is 1. The van der Waals surface area contributed by atoms with E-state index < -0.39 is 0 Å². The number of anilines is 1. The van der Waals surface area contributed by atoms with Gasteiger partial charge in [-0.3, -0.25) is 14.5 Å². The van der Waals surface area contributed by atoms with Gasteiger partial charge < -0.3 is 5.32 Å². The molecule has 0 aromatic carbocycles. The van der Waals surface area contributed by atoms with E-state index in [2.05, 4.69) is 17.2 Å². The molecule has 1 aliphatic heterocycles. The smallest absolute Gasteiger partial charge is 0.234 e. The Morgan fingerprint density at radius 3 is 2.52 bits per heavy atom. The number of nitrogens with zero attached hydrogens (tertiary/aromatic N) is 2. The molecule has 3 rings (SSSR count). The van der Waals surface area contributed by atoms with E-state index in [0.717, 1.165) is 24.5 Å². The Labute approximate surface area is 124 Å². The molecule has 5 nitrogen and oxygen atoms in total. The van der Waals surface area contributed by atoms with Gasteiger partial charge in [-0.05, 0) is 24.0 Å². The van der Waals surface area contributed by atoms with Crippen molar-refractivity contribution in [3.8, 4) is 0 Å². The first-order valence-electron chi connectivity index (χ1n) is 7.52. The summed E-state index contributed by atoms with van der Waals surface area (Å²) >= 11 is 0. The molecule has 1 saturated heterocycles. The third-order valence-electron chi connectivity index (χ3n) is 4.57. The van der Waals surface area contributed by atoms with Gasteiger partial charge in [0.25, 0.3) is 0 Å². The predicted octanol–water partition coefficient (Wildman–Crippen LogP) is 2.04. The zero-order chi connectivity index (χ0) is 15.2. The van der Waals surface area contributed by atoms with Crippen molar-refractivity contribution in [1.82, 2.24) is 9.88 Å². The third-order valence-corrected chi connectivity index (χ3v) is 4.57. The summed E-state index contributed by atoms with van der Waals surface area (Å²) in [4.78, 5) is 30.4. The highest BCUT2D eigenvalue weighted by Gasteiger charge is 2.72. The second-order valence-electron chi connectivity index (χ2n) is 6.48. The molecule has 2 atom stereocenters. The van der Waals surface area contributed by atoms with Crippen molar-refractivity contribution in [3.05, 3.63) is 23.9 Å². The van der Waals surface area contributed by atoms with Crippen LogP contribution in [-0.2, 0) is 16.1 Å². The fourth-order valence-corrected chi connectivity index (χ4v) is 3.24. The van der Waals surface area contributed by atoms with Crippen molar-refractivity contribution in [2.45, 2.75) is 33.7 Å². The van der Waals surface area contributed by atoms with Crippen LogP contribution in [0.1, 0.15) is 32.9 Å². The van der Waals surface area contributed by atoms with Gasteiger partial charge in [-0.1, -0.05) is 26.8 Å². The average molecular weight is 287 g/mol. The Bertz CT molecular complexity index is 573. The number of imide groups is 1. The topological polar surface area (TPSA) is 62.3 Å². The highest BCUT2D eigenvalue weighted by molar-refractivity contribution is 6.10. The Balaban J connectivity index is 1.71. The molecule has 112 valence electrons. The normalized spacial score (nSPS) is 26.0. The Morgan fingerprint density at radius 2 is 1.90 bits per heavy atom. The van der Waals surface area contributed by atoms with Gasteiger partial charge in [0.1, 0.15) is 5.82 Å². The number of carbonyl (C=O) groups is 2. The van der Waals surface area contributed by atoms with E-state index in [-0.39, 0.29) is 35.6 Å². The minimum Gasteiger partial charge on any atom is -0.370 e. The number of rotatable bonds is 5. The first-order valence-corrected chi connectivity index (χ1v) is 7.52. The van der Waals surface area contributed by atoms with Crippen molar-refractivity contribution in [3.63, 3.8) is 0 Å². The Morgan fingerprint density at radius 1 is 1.24 bits per heavy atom. The van der Waals surface area contributed by atoms with Crippen LogP contribution in [0.5, 0.6) is 0 Å². The number of fused-ring (bicyclic) bond motifs is 1. The SMILES string of the molecule is CCCNc1cccc(CN2C(=O)C3C(C2=O)C3(C)C)n1. The van der Waals surface area contributed by atoms with Crippen molar-refractivity contribution < 1.29 is 9.59 Å². The number of hydrogen-bond donors (Lipinski definition) is 1. The lowest BCUT2D eigenvalue weighted by Gasteiger charge is -2.20. The lowest BCUT2D eigenvalue weighted by molar-refractivity contribution is -0.143. The molecular formula is C16H21N3O2. The maximum Gasteiger partial charge on any atom is 0.234 e. The molecule has 2 aliphatic rings. The minimum atomic E-state index is -0.150. The molecule has 1 N–H and O–H groups in total. The quantitative estimate of drug-likeness (QED) is 0.842. The molecule has 21 heavy (non-hydrogen) atoms. The largest absolute Gasteiger partial charge is 0.370 e. The van der Waals surface area contributed by atoms with E-state index in [9.17, 15) is 9.59 Å². The number of nitrogens with one attached hydrogen (secondary N) is 1. The fraction of sp³-hybridized carbons (Fsp3) is 0.562. The standard InChI is InChI=1S/C16H21N3O2/c1-4-8-17-11-7-5-6-10(18-11)9-19-14(20)12-13(15(19)21)16(12,2)3/h5-7,12-13H,4,8-9H2,1-3H3,(H,17,18). The Hall–Kier alpha value is -1.91. The number of likely N-dealkylation sites (tertiary alicyclic amines) is 1. The van der Waals surface area contributed by atoms with Crippen LogP contribution in [0, 0.1) is 17.3 Å². The molecule has 1 aromatic heterocycles. The number of piperidine rings is 1.